The summed E-state index contributed by atoms with van der Waals surface area (Å²) in [4.78, 5) is 15.5. The van der Waals surface area contributed by atoms with Gasteiger partial charge in [0.15, 0.2) is 5.16 Å². The van der Waals surface area contributed by atoms with E-state index in [4.69, 9.17) is 4.74 Å². The summed E-state index contributed by atoms with van der Waals surface area (Å²) in [6.45, 7) is 0.583. The van der Waals surface area contributed by atoms with Crippen molar-refractivity contribution in [2.45, 2.75) is 24.7 Å². The fourth-order valence-corrected chi connectivity index (χ4v) is 2.94. The number of aliphatic hydroxyl groups excluding tert-OH is 1. The lowest BCUT2D eigenvalue weighted by Crippen LogP contribution is -2.09. The lowest BCUT2D eigenvalue weighted by molar-refractivity contribution is -0.137. The molecule has 0 saturated carbocycles. The van der Waals surface area contributed by atoms with Gasteiger partial charge in [0.05, 0.1) is 38.5 Å². The first-order valence-corrected chi connectivity index (χ1v) is 8.14. The number of methoxy groups -OCH3 is 2. The molecular weight excluding hydrogens is 316 g/mol. The molecule has 2 aromatic rings. The van der Waals surface area contributed by atoms with Crippen molar-refractivity contribution >= 4 is 17.7 Å². The molecule has 0 aliphatic heterocycles. The van der Waals surface area contributed by atoms with Gasteiger partial charge in [-0.2, -0.15) is 0 Å². The van der Waals surface area contributed by atoms with Crippen LogP contribution in [0.4, 0.5) is 0 Å². The molecule has 1 aromatic heterocycles. The molecule has 0 radical (unpaired) electrons. The van der Waals surface area contributed by atoms with E-state index in [1.165, 1.54) is 18.9 Å². The van der Waals surface area contributed by atoms with Gasteiger partial charge in [0.25, 0.3) is 0 Å². The van der Waals surface area contributed by atoms with E-state index in [0.29, 0.717) is 11.7 Å². The number of ether oxygens (including phenoxy) is 2. The van der Waals surface area contributed by atoms with Gasteiger partial charge in [-0.05, 0) is 24.1 Å². The van der Waals surface area contributed by atoms with Crippen molar-refractivity contribution in [1.82, 2.24) is 9.55 Å². The molecule has 1 aromatic carbocycles. The van der Waals surface area contributed by atoms with Gasteiger partial charge in [0.2, 0.25) is 0 Å². The number of benzene rings is 1. The predicted molar refractivity (Wildman–Crippen MR) is 87.6 cm³/mol. The molecule has 23 heavy (non-hydrogen) atoms. The fourth-order valence-electron chi connectivity index (χ4n) is 2.09. The number of esters is 1. The highest BCUT2D eigenvalue weighted by atomic mass is 32.2. The number of aromatic nitrogens is 2. The molecule has 0 fully saturated rings. The molecule has 124 valence electrons. The standard InChI is InChI=1S/C16H20N2O4S/c1-21-14-5-3-12(4-6-14)7-8-18-13(10-19)9-17-16(18)23-11-15(20)22-2/h3-6,9,19H,7-8,10-11H2,1-2H3. The molecule has 0 aliphatic rings. The number of imidazole rings is 1. The Morgan fingerprint density at radius 1 is 1.30 bits per heavy atom. The summed E-state index contributed by atoms with van der Waals surface area (Å²) in [7, 11) is 3.00. The number of hydrogen-bond acceptors (Lipinski definition) is 6. The minimum atomic E-state index is -0.301. The molecule has 1 N–H and O–H groups in total. The van der Waals surface area contributed by atoms with Crippen LogP contribution < -0.4 is 4.74 Å². The molecule has 0 bridgehead atoms. The first-order chi connectivity index (χ1) is 11.2. The third-order valence-corrected chi connectivity index (χ3v) is 4.36. The average Bonchev–Trinajstić information content (AvgIpc) is 3.00. The minimum absolute atomic E-state index is 0.0889. The van der Waals surface area contributed by atoms with Crippen LogP contribution in [0.5, 0.6) is 5.75 Å². The average molecular weight is 336 g/mol. The quantitative estimate of drug-likeness (QED) is 0.586. The SMILES string of the molecule is COC(=O)CSc1ncc(CO)n1CCc1ccc(OC)cc1. The van der Waals surface area contributed by atoms with Gasteiger partial charge in [0.1, 0.15) is 5.75 Å². The second-order valence-corrected chi connectivity index (χ2v) is 5.75. The summed E-state index contributed by atoms with van der Waals surface area (Å²) in [5, 5.41) is 10.1. The maximum atomic E-state index is 11.3. The maximum absolute atomic E-state index is 11.3. The lowest BCUT2D eigenvalue weighted by Gasteiger charge is -2.11. The summed E-state index contributed by atoms with van der Waals surface area (Å²) >= 11 is 1.30. The van der Waals surface area contributed by atoms with Crippen LogP contribution in [0.2, 0.25) is 0 Å². The molecule has 0 amide bonds. The highest BCUT2D eigenvalue weighted by Crippen LogP contribution is 2.20. The summed E-state index contributed by atoms with van der Waals surface area (Å²) in [6.07, 6.45) is 2.42. The Morgan fingerprint density at radius 2 is 2.04 bits per heavy atom. The summed E-state index contributed by atoms with van der Waals surface area (Å²) in [5.41, 5.74) is 1.89. The van der Waals surface area contributed by atoms with Crippen LogP contribution >= 0.6 is 11.8 Å². The molecular formula is C16H20N2O4S. The van der Waals surface area contributed by atoms with Gasteiger partial charge in [-0.1, -0.05) is 23.9 Å². The largest absolute Gasteiger partial charge is 0.497 e. The van der Waals surface area contributed by atoms with Crippen molar-refractivity contribution in [3.8, 4) is 5.75 Å². The second-order valence-electron chi connectivity index (χ2n) is 4.80. The van der Waals surface area contributed by atoms with Crippen LogP contribution in [0.3, 0.4) is 0 Å². The Kier molecular flexibility index (Phi) is 6.49. The second kappa shape index (κ2) is 8.59. The number of carbonyl (C=O) groups excluding carboxylic acids is 1. The van der Waals surface area contributed by atoms with Crippen molar-refractivity contribution in [3.63, 3.8) is 0 Å². The molecule has 2 rings (SSSR count). The normalized spacial score (nSPS) is 10.6. The maximum Gasteiger partial charge on any atom is 0.316 e. The third kappa shape index (κ3) is 4.74. The Labute approximate surface area is 139 Å². The van der Waals surface area contributed by atoms with Gasteiger partial charge in [-0.15, -0.1) is 0 Å². The zero-order valence-corrected chi connectivity index (χ0v) is 14.0. The third-order valence-electron chi connectivity index (χ3n) is 3.39. The van der Waals surface area contributed by atoms with Crippen molar-refractivity contribution in [3.05, 3.63) is 41.7 Å². The molecule has 6 nitrogen and oxygen atoms in total. The monoisotopic (exact) mass is 336 g/mol. The number of hydrogen-bond donors (Lipinski definition) is 1. The zero-order valence-electron chi connectivity index (χ0n) is 13.2. The number of aliphatic hydroxyl groups is 1. The van der Waals surface area contributed by atoms with E-state index in [2.05, 4.69) is 9.72 Å². The van der Waals surface area contributed by atoms with Crippen LogP contribution in [0.1, 0.15) is 11.3 Å². The molecule has 0 aliphatic carbocycles. The summed E-state index contributed by atoms with van der Waals surface area (Å²) < 4.78 is 11.7. The van der Waals surface area contributed by atoms with E-state index in [0.717, 1.165) is 23.4 Å². The van der Waals surface area contributed by atoms with Crippen molar-refractivity contribution in [2.24, 2.45) is 0 Å². The van der Waals surface area contributed by atoms with Crippen LogP contribution in [-0.4, -0.2) is 40.6 Å². The zero-order chi connectivity index (χ0) is 16.7. The minimum Gasteiger partial charge on any atom is -0.497 e. The smallest absolute Gasteiger partial charge is 0.316 e. The van der Waals surface area contributed by atoms with Crippen LogP contribution in [-0.2, 0) is 29.1 Å². The van der Waals surface area contributed by atoms with Gasteiger partial charge in [-0.3, -0.25) is 4.79 Å². The van der Waals surface area contributed by atoms with Crippen molar-refractivity contribution in [1.29, 1.82) is 0 Å². The van der Waals surface area contributed by atoms with E-state index in [-0.39, 0.29) is 18.3 Å². The highest BCUT2D eigenvalue weighted by molar-refractivity contribution is 7.99. The highest BCUT2D eigenvalue weighted by Gasteiger charge is 2.12. The summed E-state index contributed by atoms with van der Waals surface area (Å²) in [6, 6.07) is 7.86. The fraction of sp³-hybridized carbons (Fsp3) is 0.375. The van der Waals surface area contributed by atoms with Crippen LogP contribution in [0.25, 0.3) is 0 Å². The van der Waals surface area contributed by atoms with E-state index < -0.39 is 0 Å². The Balaban J connectivity index is 2.04. The Morgan fingerprint density at radius 3 is 2.65 bits per heavy atom. The lowest BCUT2D eigenvalue weighted by atomic mass is 10.1. The number of carbonyl (C=O) groups is 1. The van der Waals surface area contributed by atoms with Gasteiger partial charge < -0.3 is 19.1 Å². The Hall–Kier alpha value is -1.99. The topological polar surface area (TPSA) is 73.6 Å². The van der Waals surface area contributed by atoms with E-state index >= 15 is 0 Å². The number of rotatable bonds is 8. The van der Waals surface area contributed by atoms with E-state index in [1.54, 1.807) is 13.3 Å². The molecule has 1 heterocycles. The van der Waals surface area contributed by atoms with Gasteiger partial charge in [0, 0.05) is 6.54 Å². The van der Waals surface area contributed by atoms with Crippen LogP contribution in [0, 0.1) is 0 Å². The first-order valence-electron chi connectivity index (χ1n) is 7.15. The van der Waals surface area contributed by atoms with E-state index in [1.807, 2.05) is 28.8 Å². The molecule has 0 spiro atoms. The van der Waals surface area contributed by atoms with Gasteiger partial charge in [-0.25, -0.2) is 4.98 Å². The predicted octanol–water partition coefficient (Wildman–Crippen LogP) is 1.89. The number of thioether (sulfide) groups is 1. The Bertz CT molecular complexity index is 640. The molecule has 0 atom stereocenters. The van der Waals surface area contributed by atoms with Crippen molar-refractivity contribution < 1.29 is 19.4 Å². The summed E-state index contributed by atoms with van der Waals surface area (Å²) in [5.74, 6) is 0.716. The van der Waals surface area contributed by atoms with Crippen LogP contribution in [0.15, 0.2) is 35.6 Å². The molecule has 7 heteroatoms. The molecule has 0 saturated heterocycles. The van der Waals surface area contributed by atoms with Crippen molar-refractivity contribution in [2.75, 3.05) is 20.0 Å². The number of nitrogens with zero attached hydrogens (tertiary/aromatic N) is 2. The molecule has 0 unspecified atom stereocenters. The van der Waals surface area contributed by atoms with E-state index in [9.17, 15) is 9.90 Å². The first kappa shape index (κ1) is 17.4. The van der Waals surface area contributed by atoms with Gasteiger partial charge >= 0.3 is 5.97 Å². The number of aryl methyl sites for hydroxylation is 1.